The number of anilines is 2. The van der Waals surface area contributed by atoms with Crippen LogP contribution in [0.5, 0.6) is 0 Å². The Balaban J connectivity index is 1.66. The third-order valence-electron chi connectivity index (χ3n) is 5.07. The predicted octanol–water partition coefficient (Wildman–Crippen LogP) is 4.05. The Morgan fingerprint density at radius 2 is 1.81 bits per heavy atom. The highest BCUT2D eigenvalue weighted by molar-refractivity contribution is 5.98. The lowest BCUT2D eigenvalue weighted by Gasteiger charge is -2.31. The normalized spacial score (nSPS) is 15.2. The fraction of sp³-hybridized carbons (Fsp3) is 0.391. The lowest BCUT2D eigenvalue weighted by molar-refractivity contribution is -0.153. The number of benzene rings is 2. The molecule has 1 saturated heterocycles. The Morgan fingerprint density at radius 1 is 1.12 bits per heavy atom. The molecule has 1 heterocycles. The van der Waals surface area contributed by atoms with Crippen molar-refractivity contribution in [2.75, 3.05) is 36.5 Å². The molecular weight excluding hydrogens is 425 g/mol. The number of nitrogens with zero attached hydrogens (tertiary/aromatic N) is 1. The van der Waals surface area contributed by atoms with Gasteiger partial charge in [-0.1, -0.05) is 30.3 Å². The van der Waals surface area contributed by atoms with Gasteiger partial charge in [-0.05, 0) is 37.1 Å². The zero-order valence-corrected chi connectivity index (χ0v) is 17.7. The molecule has 9 heteroatoms. The van der Waals surface area contributed by atoms with E-state index in [0.717, 1.165) is 17.7 Å². The summed E-state index contributed by atoms with van der Waals surface area (Å²) in [4.78, 5) is 26.6. The van der Waals surface area contributed by atoms with Crippen molar-refractivity contribution >= 4 is 23.3 Å². The maximum Gasteiger partial charge on any atom is 0.416 e. The molecule has 2 aromatic rings. The van der Waals surface area contributed by atoms with Crippen LogP contribution in [0, 0.1) is 0 Å². The van der Waals surface area contributed by atoms with Crippen LogP contribution in [0.3, 0.4) is 0 Å². The summed E-state index contributed by atoms with van der Waals surface area (Å²) in [7, 11) is 0. The van der Waals surface area contributed by atoms with Crippen LogP contribution in [0.15, 0.2) is 48.5 Å². The Bertz CT molecular complexity index is 929. The SMILES string of the molecule is CC(OC(=O)CCc1ccccc1)C(=O)Nc1cc(C(F)(F)F)ccc1N1CCOCC1. The summed E-state index contributed by atoms with van der Waals surface area (Å²) in [5, 5.41) is 2.50. The molecule has 6 nitrogen and oxygen atoms in total. The Morgan fingerprint density at radius 3 is 2.47 bits per heavy atom. The van der Waals surface area contributed by atoms with Gasteiger partial charge >= 0.3 is 12.1 Å². The van der Waals surface area contributed by atoms with E-state index in [1.54, 1.807) is 0 Å². The van der Waals surface area contributed by atoms with Crippen molar-refractivity contribution in [2.24, 2.45) is 0 Å². The van der Waals surface area contributed by atoms with Crippen molar-refractivity contribution in [1.82, 2.24) is 0 Å². The summed E-state index contributed by atoms with van der Waals surface area (Å²) < 4.78 is 50.1. The summed E-state index contributed by atoms with van der Waals surface area (Å²) in [5.74, 6) is -1.26. The summed E-state index contributed by atoms with van der Waals surface area (Å²) in [5.41, 5.74) is 0.550. The highest BCUT2D eigenvalue weighted by Gasteiger charge is 2.32. The largest absolute Gasteiger partial charge is 0.453 e. The van der Waals surface area contributed by atoms with Gasteiger partial charge in [0.15, 0.2) is 6.10 Å². The van der Waals surface area contributed by atoms with Gasteiger partial charge in [-0.2, -0.15) is 13.2 Å². The minimum Gasteiger partial charge on any atom is -0.453 e. The fourth-order valence-electron chi connectivity index (χ4n) is 3.33. The third-order valence-corrected chi connectivity index (χ3v) is 5.07. The Kier molecular flexibility index (Phi) is 7.74. The minimum atomic E-state index is -4.56. The fourth-order valence-corrected chi connectivity index (χ4v) is 3.33. The molecule has 172 valence electrons. The predicted molar refractivity (Wildman–Crippen MR) is 113 cm³/mol. The second-order valence-electron chi connectivity index (χ2n) is 7.44. The molecular formula is C23H25F3N2O4. The minimum absolute atomic E-state index is 0.0129. The molecule has 32 heavy (non-hydrogen) atoms. The second kappa shape index (κ2) is 10.5. The average Bonchev–Trinajstić information content (AvgIpc) is 2.78. The zero-order chi connectivity index (χ0) is 23.1. The number of rotatable bonds is 7. The maximum absolute atomic E-state index is 13.2. The van der Waals surface area contributed by atoms with Crippen LogP contribution in [0.25, 0.3) is 0 Å². The lowest BCUT2D eigenvalue weighted by Crippen LogP contribution is -2.37. The monoisotopic (exact) mass is 450 g/mol. The molecule has 0 aromatic heterocycles. The third kappa shape index (κ3) is 6.46. The number of esters is 1. The number of halogens is 3. The molecule has 1 amide bonds. The first-order valence-electron chi connectivity index (χ1n) is 10.3. The molecule has 1 fully saturated rings. The molecule has 1 atom stereocenters. The topological polar surface area (TPSA) is 67.9 Å². The Hall–Kier alpha value is -3.07. The van der Waals surface area contributed by atoms with Gasteiger partial charge in [-0.25, -0.2) is 0 Å². The van der Waals surface area contributed by atoms with Crippen LogP contribution < -0.4 is 10.2 Å². The lowest BCUT2D eigenvalue weighted by atomic mass is 10.1. The molecule has 1 unspecified atom stereocenters. The first kappa shape index (κ1) is 23.6. The molecule has 1 aliphatic rings. The molecule has 0 aliphatic carbocycles. The van der Waals surface area contributed by atoms with Crippen molar-refractivity contribution in [3.05, 3.63) is 59.7 Å². The molecule has 1 N–H and O–H groups in total. The van der Waals surface area contributed by atoms with Crippen LogP contribution in [-0.2, 0) is 31.7 Å². The van der Waals surface area contributed by atoms with Gasteiger partial charge in [0.1, 0.15) is 0 Å². The number of carbonyl (C=O) groups excluding carboxylic acids is 2. The number of ether oxygens (including phenoxy) is 2. The first-order valence-corrected chi connectivity index (χ1v) is 10.3. The van der Waals surface area contributed by atoms with Crippen LogP contribution in [0.2, 0.25) is 0 Å². The van der Waals surface area contributed by atoms with E-state index in [-0.39, 0.29) is 12.1 Å². The average molecular weight is 450 g/mol. The van der Waals surface area contributed by atoms with E-state index in [9.17, 15) is 22.8 Å². The van der Waals surface area contributed by atoms with Gasteiger partial charge in [0, 0.05) is 19.5 Å². The van der Waals surface area contributed by atoms with Gasteiger partial charge in [0.25, 0.3) is 5.91 Å². The number of hydrogen-bond donors (Lipinski definition) is 1. The molecule has 0 spiro atoms. The number of hydrogen-bond acceptors (Lipinski definition) is 5. The van der Waals surface area contributed by atoms with Crippen LogP contribution >= 0.6 is 0 Å². The van der Waals surface area contributed by atoms with E-state index in [4.69, 9.17) is 9.47 Å². The molecule has 2 aromatic carbocycles. The van der Waals surface area contributed by atoms with Crippen LogP contribution in [0.4, 0.5) is 24.5 Å². The summed E-state index contributed by atoms with van der Waals surface area (Å²) in [6, 6.07) is 12.6. The molecule has 1 aliphatic heterocycles. The quantitative estimate of drug-likeness (QED) is 0.645. The van der Waals surface area contributed by atoms with E-state index in [2.05, 4.69) is 5.32 Å². The van der Waals surface area contributed by atoms with Crippen molar-refractivity contribution in [3.63, 3.8) is 0 Å². The van der Waals surface area contributed by atoms with Crippen molar-refractivity contribution in [1.29, 1.82) is 0 Å². The van der Waals surface area contributed by atoms with Gasteiger partial charge in [0.05, 0.1) is 30.2 Å². The second-order valence-corrected chi connectivity index (χ2v) is 7.44. The number of morpholine rings is 1. The van der Waals surface area contributed by atoms with E-state index in [1.165, 1.54) is 13.0 Å². The zero-order valence-electron chi connectivity index (χ0n) is 17.7. The highest BCUT2D eigenvalue weighted by Crippen LogP contribution is 2.36. The van der Waals surface area contributed by atoms with Gasteiger partial charge in [-0.15, -0.1) is 0 Å². The summed E-state index contributed by atoms with van der Waals surface area (Å²) in [6.45, 7) is 3.22. The molecule has 3 rings (SSSR count). The summed E-state index contributed by atoms with van der Waals surface area (Å²) in [6.07, 6.45) is -5.17. The van der Waals surface area contributed by atoms with E-state index in [1.807, 2.05) is 35.2 Å². The van der Waals surface area contributed by atoms with Gasteiger partial charge in [-0.3, -0.25) is 9.59 Å². The smallest absolute Gasteiger partial charge is 0.416 e. The van der Waals surface area contributed by atoms with Gasteiger partial charge in [0.2, 0.25) is 0 Å². The Labute approximate surface area is 184 Å². The molecule has 0 bridgehead atoms. The number of nitrogens with one attached hydrogen (secondary N) is 1. The maximum atomic E-state index is 13.2. The van der Waals surface area contributed by atoms with E-state index >= 15 is 0 Å². The van der Waals surface area contributed by atoms with Crippen molar-refractivity contribution in [2.45, 2.75) is 32.0 Å². The number of amides is 1. The van der Waals surface area contributed by atoms with E-state index < -0.39 is 29.7 Å². The standard InChI is InChI=1S/C23H25F3N2O4/c1-16(32-21(29)10-7-17-5-3-2-4-6-17)22(30)27-19-15-18(23(24,25)26)8-9-20(19)28-11-13-31-14-12-28/h2-6,8-9,15-16H,7,10-14H2,1H3,(H,27,30). The number of carbonyl (C=O) groups is 2. The molecule has 0 radical (unpaired) electrons. The number of aryl methyl sites for hydroxylation is 1. The number of alkyl halides is 3. The van der Waals surface area contributed by atoms with Crippen LogP contribution in [0.1, 0.15) is 24.5 Å². The van der Waals surface area contributed by atoms with Crippen LogP contribution in [-0.4, -0.2) is 44.3 Å². The van der Waals surface area contributed by atoms with E-state index in [0.29, 0.717) is 38.4 Å². The summed E-state index contributed by atoms with van der Waals surface area (Å²) >= 11 is 0. The first-order chi connectivity index (χ1) is 15.2. The van der Waals surface area contributed by atoms with Crippen molar-refractivity contribution < 1.29 is 32.2 Å². The van der Waals surface area contributed by atoms with Gasteiger partial charge < -0.3 is 19.7 Å². The highest BCUT2D eigenvalue weighted by atomic mass is 19.4. The van der Waals surface area contributed by atoms with Crippen molar-refractivity contribution in [3.8, 4) is 0 Å². The molecule has 0 saturated carbocycles.